The average molecular weight is 406 g/mol. The summed E-state index contributed by atoms with van der Waals surface area (Å²) in [5, 5.41) is 12.1. The molecule has 1 amide bonds. The lowest BCUT2D eigenvalue weighted by molar-refractivity contribution is -0.175. The molecule has 1 aromatic heterocycles. The number of nitrogens with zero attached hydrogens (tertiary/aromatic N) is 1. The molecule has 1 aliphatic carbocycles. The Labute approximate surface area is 165 Å². The van der Waals surface area contributed by atoms with Gasteiger partial charge in [0.05, 0.1) is 23.4 Å². The molecule has 0 aliphatic heterocycles. The summed E-state index contributed by atoms with van der Waals surface area (Å²) >= 11 is 0. The molecule has 1 aromatic carbocycles. The van der Waals surface area contributed by atoms with Gasteiger partial charge in [-0.15, -0.1) is 0 Å². The van der Waals surface area contributed by atoms with E-state index >= 15 is 0 Å². The van der Waals surface area contributed by atoms with Crippen molar-refractivity contribution in [2.45, 2.75) is 44.8 Å². The van der Waals surface area contributed by atoms with E-state index in [0.717, 1.165) is 11.1 Å². The number of benzene rings is 1. The molecule has 1 aliphatic rings. The first kappa shape index (κ1) is 20.8. The number of carbonyl (C=O) groups is 2. The number of para-hydroxylation sites is 1. The third-order valence-corrected chi connectivity index (χ3v) is 5.05. The number of nitrogens with one attached hydrogen (secondary N) is 1. The van der Waals surface area contributed by atoms with Crippen LogP contribution >= 0.6 is 0 Å². The van der Waals surface area contributed by atoms with Gasteiger partial charge in [-0.2, -0.15) is 13.2 Å². The summed E-state index contributed by atoms with van der Waals surface area (Å²) in [6.07, 6.45) is -1.02. The van der Waals surface area contributed by atoms with Gasteiger partial charge in [-0.25, -0.2) is 0 Å². The van der Waals surface area contributed by atoms with Gasteiger partial charge in [0.25, 0.3) is 5.91 Å². The zero-order valence-corrected chi connectivity index (χ0v) is 15.8. The molecule has 0 fully saturated rings. The van der Waals surface area contributed by atoms with Crippen LogP contribution in [0.1, 0.15) is 48.5 Å². The number of fused-ring (bicyclic) bond motifs is 1. The summed E-state index contributed by atoms with van der Waals surface area (Å²) < 4.78 is 38.7. The van der Waals surface area contributed by atoms with E-state index in [0.29, 0.717) is 22.9 Å². The minimum Gasteiger partial charge on any atom is -0.481 e. The third-order valence-electron chi connectivity index (χ3n) is 5.05. The quantitative estimate of drug-likeness (QED) is 0.762. The van der Waals surface area contributed by atoms with Crippen molar-refractivity contribution < 1.29 is 27.9 Å². The Morgan fingerprint density at radius 3 is 2.72 bits per heavy atom. The number of aliphatic carboxylic acids is 1. The van der Waals surface area contributed by atoms with E-state index < -0.39 is 30.0 Å². The lowest BCUT2D eigenvalue weighted by atomic mass is 9.85. The van der Waals surface area contributed by atoms with Crippen molar-refractivity contribution in [3.05, 3.63) is 47.7 Å². The molecule has 2 aromatic rings. The lowest BCUT2D eigenvalue weighted by Gasteiger charge is -2.24. The largest absolute Gasteiger partial charge is 0.481 e. The van der Waals surface area contributed by atoms with Crippen LogP contribution in [0.4, 0.5) is 13.2 Å². The molecule has 0 bridgehead atoms. The van der Waals surface area contributed by atoms with Crippen molar-refractivity contribution in [3.8, 4) is 0 Å². The second kappa shape index (κ2) is 8.23. The molecule has 2 atom stereocenters. The normalized spacial score (nSPS) is 18.2. The van der Waals surface area contributed by atoms with E-state index in [1.54, 1.807) is 31.2 Å². The van der Waals surface area contributed by atoms with Gasteiger partial charge >= 0.3 is 12.1 Å². The average Bonchev–Trinajstić information content (AvgIpc) is 2.65. The number of pyridine rings is 1. The van der Waals surface area contributed by atoms with Crippen molar-refractivity contribution in [1.29, 1.82) is 0 Å². The van der Waals surface area contributed by atoms with Crippen LogP contribution in [0.25, 0.3) is 16.5 Å². The van der Waals surface area contributed by atoms with Crippen LogP contribution in [0.3, 0.4) is 0 Å². The Bertz CT molecular complexity index is 969. The number of carbonyl (C=O) groups excluding carboxylic acids is 1. The number of aromatic nitrogens is 1. The van der Waals surface area contributed by atoms with E-state index in [2.05, 4.69) is 10.3 Å². The summed E-state index contributed by atoms with van der Waals surface area (Å²) in [6, 6.07) is 6.51. The fourth-order valence-corrected chi connectivity index (χ4v) is 3.54. The molecule has 154 valence electrons. The SMILES string of the molecule is C[C@H](CC(=O)O)NC(=O)c1cnc2c(C3=CC[C@@H](C(F)(F)F)CC3)cccc2c1. The summed E-state index contributed by atoms with van der Waals surface area (Å²) in [5.74, 6) is -2.74. The second-order valence-corrected chi connectivity index (χ2v) is 7.32. The zero-order chi connectivity index (χ0) is 21.2. The number of hydrogen-bond acceptors (Lipinski definition) is 3. The fourth-order valence-electron chi connectivity index (χ4n) is 3.54. The van der Waals surface area contributed by atoms with Gasteiger partial charge in [0, 0.05) is 23.2 Å². The number of rotatable bonds is 5. The van der Waals surface area contributed by atoms with Gasteiger partial charge in [0.1, 0.15) is 0 Å². The van der Waals surface area contributed by atoms with Crippen molar-refractivity contribution in [2.24, 2.45) is 5.92 Å². The highest BCUT2D eigenvalue weighted by Crippen LogP contribution is 2.40. The predicted molar refractivity (Wildman–Crippen MR) is 102 cm³/mol. The van der Waals surface area contributed by atoms with E-state index in [1.165, 1.54) is 6.20 Å². The molecule has 3 rings (SSSR count). The minimum absolute atomic E-state index is 0.0445. The van der Waals surface area contributed by atoms with Crippen molar-refractivity contribution in [3.63, 3.8) is 0 Å². The van der Waals surface area contributed by atoms with Gasteiger partial charge < -0.3 is 10.4 Å². The van der Waals surface area contributed by atoms with Crippen LogP contribution < -0.4 is 5.32 Å². The minimum atomic E-state index is -4.18. The van der Waals surface area contributed by atoms with Gasteiger partial charge in [0.2, 0.25) is 0 Å². The van der Waals surface area contributed by atoms with Gasteiger partial charge in [-0.05, 0) is 37.8 Å². The number of carboxylic acids is 1. The Balaban J connectivity index is 1.83. The highest BCUT2D eigenvalue weighted by Gasteiger charge is 2.39. The molecule has 0 saturated heterocycles. The van der Waals surface area contributed by atoms with E-state index in [1.807, 2.05) is 6.07 Å². The Kier molecular flexibility index (Phi) is 5.91. The predicted octanol–water partition coefficient (Wildman–Crippen LogP) is 4.57. The molecule has 1 heterocycles. The molecule has 5 nitrogen and oxygen atoms in total. The highest BCUT2D eigenvalue weighted by molar-refractivity contribution is 5.99. The van der Waals surface area contributed by atoms with E-state index in [4.69, 9.17) is 5.11 Å². The summed E-state index contributed by atoms with van der Waals surface area (Å²) in [6.45, 7) is 1.60. The van der Waals surface area contributed by atoms with E-state index in [-0.39, 0.29) is 19.3 Å². The lowest BCUT2D eigenvalue weighted by Crippen LogP contribution is -2.34. The summed E-state index contributed by atoms with van der Waals surface area (Å²) in [5.41, 5.74) is 2.52. The number of halogens is 3. The molecule has 8 heteroatoms. The first-order chi connectivity index (χ1) is 13.6. The van der Waals surface area contributed by atoms with Crippen LogP contribution in [-0.4, -0.2) is 34.2 Å². The molecular weight excluding hydrogens is 385 g/mol. The van der Waals surface area contributed by atoms with Crippen LogP contribution in [0.15, 0.2) is 36.5 Å². The topological polar surface area (TPSA) is 79.3 Å². The molecule has 0 radical (unpaired) electrons. The van der Waals surface area contributed by atoms with Crippen LogP contribution in [0, 0.1) is 5.92 Å². The molecule has 0 spiro atoms. The Morgan fingerprint density at radius 2 is 2.10 bits per heavy atom. The van der Waals surface area contributed by atoms with Crippen molar-refractivity contribution >= 4 is 28.4 Å². The number of hydrogen-bond donors (Lipinski definition) is 2. The maximum atomic E-state index is 12.9. The summed E-state index contributed by atoms with van der Waals surface area (Å²) in [7, 11) is 0. The van der Waals surface area contributed by atoms with Gasteiger partial charge in [-0.3, -0.25) is 14.6 Å². The second-order valence-electron chi connectivity index (χ2n) is 7.32. The highest BCUT2D eigenvalue weighted by atomic mass is 19.4. The number of amides is 1. The summed E-state index contributed by atoms with van der Waals surface area (Å²) in [4.78, 5) is 27.4. The Hall–Kier alpha value is -2.90. The fraction of sp³-hybridized carbons (Fsp3) is 0.381. The third kappa shape index (κ3) is 4.93. The smallest absolute Gasteiger partial charge is 0.392 e. The number of alkyl halides is 3. The first-order valence-electron chi connectivity index (χ1n) is 9.32. The molecule has 0 saturated carbocycles. The number of allylic oxidation sites excluding steroid dienone is 2. The molecule has 2 N–H and O–H groups in total. The number of carboxylic acid groups (broad SMARTS) is 1. The monoisotopic (exact) mass is 406 g/mol. The first-order valence-corrected chi connectivity index (χ1v) is 9.32. The van der Waals surface area contributed by atoms with Crippen molar-refractivity contribution in [1.82, 2.24) is 10.3 Å². The molecule has 29 heavy (non-hydrogen) atoms. The van der Waals surface area contributed by atoms with Gasteiger partial charge in [-0.1, -0.05) is 24.3 Å². The van der Waals surface area contributed by atoms with E-state index in [9.17, 15) is 22.8 Å². The maximum absolute atomic E-state index is 12.9. The molecule has 0 unspecified atom stereocenters. The van der Waals surface area contributed by atoms with Crippen LogP contribution in [-0.2, 0) is 4.79 Å². The van der Waals surface area contributed by atoms with Crippen LogP contribution in [0.2, 0.25) is 0 Å². The zero-order valence-electron chi connectivity index (χ0n) is 15.8. The van der Waals surface area contributed by atoms with Gasteiger partial charge in [0.15, 0.2) is 0 Å². The van der Waals surface area contributed by atoms with Crippen molar-refractivity contribution in [2.75, 3.05) is 0 Å². The Morgan fingerprint density at radius 1 is 1.34 bits per heavy atom. The standard InChI is InChI=1S/C21H21F3N2O3/c1-12(9-18(27)28)26-20(29)15-10-14-3-2-4-17(19(14)25-11-15)13-5-7-16(8-6-13)21(22,23)24/h2-5,10-12,16H,6-9H2,1H3,(H,26,29)(H,27,28)/t12-,16-/m1/s1. The maximum Gasteiger partial charge on any atom is 0.392 e. The molecular formula is C21H21F3N2O3. The van der Waals surface area contributed by atoms with Crippen LogP contribution in [0.5, 0.6) is 0 Å².